The summed E-state index contributed by atoms with van der Waals surface area (Å²) in [5, 5.41) is 8.26. The second-order valence-corrected chi connectivity index (χ2v) is 20.4. The predicted octanol–water partition coefficient (Wildman–Crippen LogP) is 11.3. The number of alkyl halides is 4. The fraction of sp³-hybridized carbons (Fsp3) is 0.500. The third-order valence-corrected chi connectivity index (χ3v) is 15.2. The van der Waals surface area contributed by atoms with Crippen molar-refractivity contribution in [2.24, 2.45) is 14.1 Å². The molecule has 2 fully saturated rings. The van der Waals surface area contributed by atoms with E-state index in [0.717, 1.165) is 107 Å². The van der Waals surface area contributed by atoms with Gasteiger partial charge in [-0.3, -0.25) is 19.0 Å². The largest absolute Gasteiger partial charge is 0.338 e. The summed E-state index contributed by atoms with van der Waals surface area (Å²) in [4.78, 5) is 39.9. The van der Waals surface area contributed by atoms with Crippen LogP contribution in [-0.4, -0.2) is 80.9 Å². The number of halogens is 5. The van der Waals surface area contributed by atoms with E-state index in [2.05, 4.69) is 45.1 Å². The lowest BCUT2D eigenvalue weighted by atomic mass is 9.87. The molecular formula is C52H62BrF4N11O2. The maximum Gasteiger partial charge on any atom is 0.264 e. The number of anilines is 2. The zero-order chi connectivity index (χ0) is 48.6. The summed E-state index contributed by atoms with van der Waals surface area (Å²) in [6, 6.07) is 6.77. The average molecular weight is 1030 g/mol. The molecule has 2 aromatic carbocycles. The Hall–Kier alpha value is -5.78. The Kier molecular flexibility index (Phi) is 13.7. The lowest BCUT2D eigenvalue weighted by Gasteiger charge is -2.35. The summed E-state index contributed by atoms with van der Waals surface area (Å²) in [6.07, 6.45) is 12.3. The Labute approximate surface area is 415 Å². The zero-order valence-electron chi connectivity index (χ0n) is 39.9. The minimum absolute atomic E-state index is 0. The molecule has 0 N–H and O–H groups in total. The molecule has 2 saturated carbocycles. The number of hydrogen-bond acceptors (Lipinski definition) is 7. The van der Waals surface area contributed by atoms with E-state index in [0.29, 0.717) is 48.2 Å². The lowest BCUT2D eigenvalue weighted by molar-refractivity contribution is -0.136. The number of imidazole rings is 2. The third kappa shape index (κ3) is 9.20. The van der Waals surface area contributed by atoms with Gasteiger partial charge < -0.3 is 23.8 Å². The van der Waals surface area contributed by atoms with Crippen LogP contribution in [-0.2, 0) is 56.0 Å². The van der Waals surface area contributed by atoms with Gasteiger partial charge in [-0.05, 0) is 140 Å². The molecule has 70 heavy (non-hydrogen) atoms. The molecule has 2 unspecified atom stereocenters. The maximum absolute atomic E-state index is 14.2. The number of likely N-dealkylation sites (N-methyl/N-ethyl adjacent to an activating group) is 2. The Morgan fingerprint density at radius 1 is 0.629 bits per heavy atom. The van der Waals surface area contributed by atoms with E-state index in [-0.39, 0.29) is 42.5 Å². The first-order valence-corrected chi connectivity index (χ1v) is 24.9. The molecule has 4 aromatic heterocycles. The number of aromatic nitrogens is 8. The van der Waals surface area contributed by atoms with Crippen molar-refractivity contribution >= 4 is 39.2 Å². The summed E-state index contributed by atoms with van der Waals surface area (Å²) >= 11 is 3.50. The molecule has 18 heteroatoms. The highest BCUT2D eigenvalue weighted by molar-refractivity contribution is 9.10. The summed E-state index contributed by atoms with van der Waals surface area (Å²) in [7, 11) is 7.24. The van der Waals surface area contributed by atoms with E-state index < -0.39 is 12.9 Å². The molecule has 6 aliphatic rings. The van der Waals surface area contributed by atoms with Gasteiger partial charge in [0.15, 0.2) is 5.82 Å². The molecular weight excluding hydrogens is 967 g/mol. The summed E-state index contributed by atoms with van der Waals surface area (Å²) in [6.45, 7) is 5.73. The van der Waals surface area contributed by atoms with Gasteiger partial charge in [-0.25, -0.2) is 27.5 Å². The summed E-state index contributed by atoms with van der Waals surface area (Å²) in [5.74, 6) is 4.08. The normalized spacial score (nSPS) is 19.5. The number of amides is 2. The Morgan fingerprint density at radius 3 is 1.61 bits per heavy atom. The van der Waals surface area contributed by atoms with Crippen molar-refractivity contribution in [2.75, 3.05) is 25.5 Å². The quantitative estimate of drug-likeness (QED) is 0.146. The monoisotopic (exact) mass is 1030 g/mol. The van der Waals surface area contributed by atoms with Crippen LogP contribution in [0.25, 0.3) is 22.3 Å². The van der Waals surface area contributed by atoms with E-state index in [9.17, 15) is 27.2 Å². The van der Waals surface area contributed by atoms with Crippen LogP contribution in [0.15, 0.2) is 53.7 Å². The first-order valence-electron chi connectivity index (χ1n) is 24.1. The molecule has 6 aromatic rings. The molecule has 3 aliphatic carbocycles. The SMILES string of the molecule is C.CC1C(=O)N(C)Cc2c(Br)nc(C3CC3)n21.CC1C(=O)N(C)Cc2c(N3CCCc4cc(-c5cnn(C)c5)c(C(F)F)cc43)nc(C3CC3)n21.Cn1cc(-c2cc3c(cc2C(F)F)CCCC3)cn1. The van der Waals surface area contributed by atoms with E-state index in [4.69, 9.17) is 4.98 Å². The van der Waals surface area contributed by atoms with Crippen molar-refractivity contribution in [3.05, 3.63) is 105 Å². The second kappa shape index (κ2) is 19.4. The van der Waals surface area contributed by atoms with Crippen LogP contribution in [0.1, 0.15) is 154 Å². The number of nitrogens with zero attached hydrogens (tertiary/aromatic N) is 11. The van der Waals surface area contributed by atoms with Gasteiger partial charge in [0.2, 0.25) is 11.8 Å². The van der Waals surface area contributed by atoms with Crippen LogP contribution >= 0.6 is 15.9 Å². The van der Waals surface area contributed by atoms with Gasteiger partial charge in [0.25, 0.3) is 12.9 Å². The number of carbonyl (C=O) groups excluding carboxylic acids is 2. The van der Waals surface area contributed by atoms with Gasteiger partial charge >= 0.3 is 0 Å². The Morgan fingerprint density at radius 2 is 1.10 bits per heavy atom. The second-order valence-electron chi connectivity index (χ2n) is 19.6. The zero-order valence-corrected chi connectivity index (χ0v) is 41.5. The molecule has 372 valence electrons. The van der Waals surface area contributed by atoms with Gasteiger partial charge in [-0.15, -0.1) is 0 Å². The maximum atomic E-state index is 14.2. The highest BCUT2D eigenvalue weighted by Crippen LogP contribution is 2.48. The van der Waals surface area contributed by atoms with Gasteiger partial charge in [0.1, 0.15) is 28.3 Å². The highest BCUT2D eigenvalue weighted by atomic mass is 79.9. The number of fused-ring (bicyclic) bond motifs is 4. The third-order valence-electron chi connectivity index (χ3n) is 14.5. The van der Waals surface area contributed by atoms with Crippen LogP contribution in [0.4, 0.5) is 29.1 Å². The predicted molar refractivity (Wildman–Crippen MR) is 264 cm³/mol. The standard InChI is InChI=1S/C25H28F2N6O.C15H16F2N2.C11H14BrN3O.CH4/c1-14-25(34)30(2)13-21-24(29-23(33(14)21)15-6-7-15)32-8-4-5-16-9-18(17-11-28-31(3)12-17)19(22(26)27)10-20(16)32;1-19-9-12(8-18-19)13-6-10-4-2-3-5-11(10)7-14(13)15(16)17;1-6-11(16)14(2)5-8-9(12)13-10(15(6)8)7-3-4-7;/h9-12,14-15,22H,4-8,13H2,1-3H3;6-9,15H,2-5H2,1H3;6-7H,3-5H2,1-2H3;1H4. The average Bonchev–Trinajstić information content (AvgIpc) is 4.21. The minimum Gasteiger partial charge on any atom is -0.338 e. The molecule has 3 aliphatic heterocycles. The van der Waals surface area contributed by atoms with Crippen molar-refractivity contribution in [2.45, 2.75) is 135 Å². The van der Waals surface area contributed by atoms with Gasteiger partial charge in [-0.2, -0.15) is 10.2 Å². The Balaban J connectivity index is 0.000000143. The smallest absolute Gasteiger partial charge is 0.264 e. The number of aryl methyl sites for hydroxylation is 5. The van der Waals surface area contributed by atoms with Gasteiger partial charge in [0, 0.05) is 86.9 Å². The van der Waals surface area contributed by atoms with Crippen LogP contribution in [0, 0.1) is 0 Å². The van der Waals surface area contributed by atoms with Crippen LogP contribution in [0.3, 0.4) is 0 Å². The van der Waals surface area contributed by atoms with Gasteiger partial charge in [-0.1, -0.05) is 13.5 Å². The molecule has 12 rings (SSSR count). The first kappa shape index (κ1) is 49.2. The van der Waals surface area contributed by atoms with Crippen molar-refractivity contribution in [1.29, 1.82) is 0 Å². The number of rotatable bonds is 7. The number of hydrogen-bond donors (Lipinski definition) is 0. The van der Waals surface area contributed by atoms with Crippen molar-refractivity contribution in [3.63, 3.8) is 0 Å². The summed E-state index contributed by atoms with van der Waals surface area (Å²) in [5.41, 5.74) is 9.05. The summed E-state index contributed by atoms with van der Waals surface area (Å²) < 4.78 is 63.4. The van der Waals surface area contributed by atoms with Crippen LogP contribution in [0.2, 0.25) is 0 Å². The topological polar surface area (TPSA) is 115 Å². The molecule has 0 spiro atoms. The minimum atomic E-state index is -2.61. The Bertz CT molecular complexity index is 2950. The van der Waals surface area contributed by atoms with Crippen LogP contribution < -0.4 is 4.90 Å². The van der Waals surface area contributed by atoms with E-state index >= 15 is 0 Å². The highest BCUT2D eigenvalue weighted by Gasteiger charge is 2.41. The van der Waals surface area contributed by atoms with Crippen LogP contribution in [0.5, 0.6) is 0 Å². The number of benzene rings is 2. The van der Waals surface area contributed by atoms with E-state index in [1.807, 2.05) is 40.1 Å². The molecule has 0 saturated heterocycles. The van der Waals surface area contributed by atoms with Gasteiger partial charge in [0.05, 0.1) is 36.9 Å². The molecule has 2 atom stereocenters. The number of carbonyl (C=O) groups is 2. The van der Waals surface area contributed by atoms with E-state index in [1.165, 1.54) is 18.4 Å². The van der Waals surface area contributed by atoms with Crippen molar-refractivity contribution in [1.82, 2.24) is 48.5 Å². The molecule has 7 heterocycles. The lowest BCUT2D eigenvalue weighted by Crippen LogP contribution is -2.40. The van der Waals surface area contributed by atoms with E-state index in [1.54, 1.807) is 70.2 Å². The van der Waals surface area contributed by atoms with Crippen molar-refractivity contribution in [3.8, 4) is 22.3 Å². The molecule has 0 radical (unpaired) electrons. The molecule has 13 nitrogen and oxygen atoms in total. The first-order chi connectivity index (χ1) is 33.1. The molecule has 2 amide bonds. The fourth-order valence-corrected chi connectivity index (χ4v) is 11.2. The molecule has 0 bridgehead atoms. The fourth-order valence-electron chi connectivity index (χ4n) is 10.7. The van der Waals surface area contributed by atoms with Crippen molar-refractivity contribution < 1.29 is 27.2 Å².